The highest BCUT2D eigenvalue weighted by Crippen LogP contribution is 2.47. The molecule has 1 N–H and O–H groups in total. The fraction of sp³-hybridized carbons (Fsp3) is 0.250. The molecule has 0 amide bonds. The number of aromatic nitrogens is 2. The fourth-order valence-electron chi connectivity index (χ4n) is 4.90. The van der Waals surface area contributed by atoms with Gasteiger partial charge in [-0.3, -0.25) is 18.7 Å². The topological polar surface area (TPSA) is 93.7 Å². The molecule has 0 radical (unpaired) electrons. The Bertz CT molecular complexity index is 1440. The van der Waals surface area contributed by atoms with Gasteiger partial charge in [0.2, 0.25) is 0 Å². The third-order valence-corrected chi connectivity index (χ3v) is 6.46. The summed E-state index contributed by atoms with van der Waals surface area (Å²) in [7, 11) is 3.01. The van der Waals surface area contributed by atoms with E-state index in [0.717, 1.165) is 15.7 Å². The van der Waals surface area contributed by atoms with E-state index in [-0.39, 0.29) is 17.4 Å². The molecule has 1 aliphatic heterocycles. The number of hydrogen-bond acceptors (Lipinski definition) is 5. The molecule has 0 fully saturated rings. The van der Waals surface area contributed by atoms with Crippen molar-refractivity contribution in [3.63, 3.8) is 0 Å². The lowest BCUT2D eigenvalue weighted by molar-refractivity contribution is 0.0953. The summed E-state index contributed by atoms with van der Waals surface area (Å²) in [5, 5.41) is 10.3. The smallest absolute Gasteiger partial charge is 0.332 e. The van der Waals surface area contributed by atoms with Gasteiger partial charge in [0, 0.05) is 31.1 Å². The normalized spacial score (nSPS) is 19.0. The first-order chi connectivity index (χ1) is 14.7. The van der Waals surface area contributed by atoms with Gasteiger partial charge in [-0.1, -0.05) is 36.4 Å². The molecule has 0 saturated heterocycles. The van der Waals surface area contributed by atoms with Gasteiger partial charge in [0.25, 0.3) is 5.56 Å². The maximum absolute atomic E-state index is 13.5. The van der Waals surface area contributed by atoms with Crippen LogP contribution in [-0.4, -0.2) is 25.7 Å². The lowest BCUT2D eigenvalue weighted by atomic mass is 9.76. The second-order valence-electron chi connectivity index (χ2n) is 8.31. The predicted molar refractivity (Wildman–Crippen MR) is 117 cm³/mol. The molecule has 2 heterocycles. The highest BCUT2D eigenvalue weighted by atomic mass is 16.3. The van der Waals surface area contributed by atoms with E-state index in [1.165, 1.54) is 11.6 Å². The fourth-order valence-corrected chi connectivity index (χ4v) is 4.90. The highest BCUT2D eigenvalue weighted by molar-refractivity contribution is 6.30. The zero-order valence-corrected chi connectivity index (χ0v) is 17.6. The molecule has 2 atom stereocenters. The summed E-state index contributed by atoms with van der Waals surface area (Å²) in [4.78, 5) is 44.1. The van der Waals surface area contributed by atoms with Gasteiger partial charge >= 0.3 is 5.69 Å². The predicted octanol–water partition coefficient (Wildman–Crippen LogP) is 2.49. The van der Waals surface area contributed by atoms with Crippen molar-refractivity contribution < 1.29 is 9.90 Å². The Morgan fingerprint density at radius 3 is 2.16 bits per heavy atom. The number of carbonyl (C=O) groups is 1. The summed E-state index contributed by atoms with van der Waals surface area (Å²) < 4.78 is 2.41. The summed E-state index contributed by atoms with van der Waals surface area (Å²) in [6, 6.07) is 10.9. The molecule has 3 aromatic rings. The molecule has 5 rings (SSSR count). The largest absolute Gasteiger partial charge is 0.507 e. The second kappa shape index (κ2) is 6.38. The van der Waals surface area contributed by atoms with Crippen LogP contribution in [0.4, 0.5) is 5.82 Å². The maximum Gasteiger partial charge on any atom is 0.332 e. The van der Waals surface area contributed by atoms with Gasteiger partial charge in [0.15, 0.2) is 5.78 Å². The molecular weight excluding hydrogens is 394 g/mol. The SMILES string of the molecule is Cc1cc([C@H]2c3c(n(C)c(=O)n(C)c3=O)N=C3c4ccccc4C(=O)[C@@H]32)cc(C)c1O. The van der Waals surface area contributed by atoms with Crippen LogP contribution < -0.4 is 11.2 Å². The van der Waals surface area contributed by atoms with E-state index in [4.69, 9.17) is 4.99 Å². The number of aliphatic imine (C=N–C) groups is 1. The minimum Gasteiger partial charge on any atom is -0.507 e. The second-order valence-corrected chi connectivity index (χ2v) is 8.31. The first kappa shape index (κ1) is 19.2. The number of hydrogen-bond donors (Lipinski definition) is 1. The van der Waals surface area contributed by atoms with Crippen LogP contribution in [0.3, 0.4) is 0 Å². The van der Waals surface area contributed by atoms with Gasteiger partial charge in [-0.05, 0) is 30.5 Å². The summed E-state index contributed by atoms with van der Waals surface area (Å²) in [6.45, 7) is 3.57. The molecule has 0 spiro atoms. The van der Waals surface area contributed by atoms with E-state index in [1.54, 1.807) is 45.2 Å². The van der Waals surface area contributed by atoms with Crippen molar-refractivity contribution >= 4 is 17.3 Å². The molecule has 7 heteroatoms. The molecule has 0 saturated carbocycles. The van der Waals surface area contributed by atoms with Gasteiger partial charge in [-0.25, -0.2) is 9.79 Å². The number of benzene rings is 2. The first-order valence-electron chi connectivity index (χ1n) is 10.0. The molecule has 31 heavy (non-hydrogen) atoms. The number of Topliss-reactive ketones (excluding diaryl/α,β-unsaturated/α-hetero) is 1. The molecule has 2 aliphatic rings. The van der Waals surface area contributed by atoms with Crippen LogP contribution in [0.1, 0.15) is 44.1 Å². The van der Waals surface area contributed by atoms with Crippen LogP contribution in [0, 0.1) is 19.8 Å². The van der Waals surface area contributed by atoms with E-state index >= 15 is 0 Å². The summed E-state index contributed by atoms with van der Waals surface area (Å²) in [5.74, 6) is -0.922. The lowest BCUT2D eigenvalue weighted by Crippen LogP contribution is -2.43. The van der Waals surface area contributed by atoms with Crippen LogP contribution in [0.15, 0.2) is 51.0 Å². The number of nitrogens with zero attached hydrogens (tertiary/aromatic N) is 3. The van der Waals surface area contributed by atoms with Gasteiger partial charge < -0.3 is 5.11 Å². The summed E-state index contributed by atoms with van der Waals surface area (Å²) in [6.07, 6.45) is 0. The standard InChI is InChI=1S/C24H21N3O4/c1-11-9-13(10-12(2)20(11)28)16-17-19(14-7-5-6-8-15(14)21(17)29)25-22-18(16)23(30)27(4)24(31)26(22)3/h5-10,16-17,28H,1-4H3/t16-,17-/m1/s1. The zero-order valence-electron chi connectivity index (χ0n) is 17.6. The summed E-state index contributed by atoms with van der Waals surface area (Å²) in [5.41, 5.74) is 3.32. The third-order valence-electron chi connectivity index (χ3n) is 6.46. The molecule has 0 bridgehead atoms. The van der Waals surface area contributed by atoms with E-state index in [1.807, 2.05) is 12.1 Å². The van der Waals surface area contributed by atoms with Gasteiger partial charge in [-0.2, -0.15) is 0 Å². The van der Waals surface area contributed by atoms with Crippen molar-refractivity contribution in [1.29, 1.82) is 0 Å². The highest BCUT2D eigenvalue weighted by Gasteiger charge is 2.47. The summed E-state index contributed by atoms with van der Waals surface area (Å²) >= 11 is 0. The van der Waals surface area contributed by atoms with Crippen molar-refractivity contribution in [3.05, 3.63) is 90.6 Å². The average molecular weight is 415 g/mol. The van der Waals surface area contributed by atoms with E-state index in [2.05, 4.69) is 0 Å². The lowest BCUT2D eigenvalue weighted by Gasteiger charge is -2.30. The van der Waals surface area contributed by atoms with Gasteiger partial charge in [-0.15, -0.1) is 0 Å². The Morgan fingerprint density at radius 2 is 1.52 bits per heavy atom. The molecule has 156 valence electrons. The number of aromatic hydroxyl groups is 1. The van der Waals surface area contributed by atoms with Crippen molar-refractivity contribution in [2.75, 3.05) is 0 Å². The molecule has 0 unspecified atom stereocenters. The van der Waals surface area contributed by atoms with Crippen molar-refractivity contribution in [2.24, 2.45) is 25.0 Å². The van der Waals surface area contributed by atoms with Crippen LogP contribution in [0.25, 0.3) is 0 Å². The Morgan fingerprint density at radius 1 is 0.903 bits per heavy atom. The van der Waals surface area contributed by atoms with Gasteiger partial charge in [0.1, 0.15) is 11.6 Å². The Kier molecular flexibility index (Phi) is 3.96. The number of rotatable bonds is 1. The van der Waals surface area contributed by atoms with Crippen molar-refractivity contribution in [2.45, 2.75) is 19.8 Å². The molecule has 7 nitrogen and oxygen atoms in total. The Balaban J connectivity index is 1.92. The molecule has 1 aliphatic carbocycles. The number of fused-ring (bicyclic) bond motifs is 4. The quantitative estimate of drug-likeness (QED) is 0.661. The van der Waals surface area contributed by atoms with Crippen molar-refractivity contribution in [3.8, 4) is 5.75 Å². The third kappa shape index (κ3) is 2.46. The van der Waals surface area contributed by atoms with Crippen LogP contribution >= 0.6 is 0 Å². The number of aryl methyl sites for hydroxylation is 2. The monoisotopic (exact) mass is 415 g/mol. The number of phenols is 1. The number of ketones is 1. The van der Waals surface area contributed by atoms with E-state index < -0.39 is 23.1 Å². The maximum atomic E-state index is 13.5. The van der Waals surface area contributed by atoms with Crippen molar-refractivity contribution in [1.82, 2.24) is 9.13 Å². The minimum absolute atomic E-state index is 0.0933. The number of phenolic OH excluding ortho intramolecular Hbond substituents is 1. The zero-order chi connectivity index (χ0) is 22.2. The molecule has 1 aromatic heterocycles. The first-order valence-corrected chi connectivity index (χ1v) is 10.0. The average Bonchev–Trinajstić information content (AvgIpc) is 3.05. The molecule has 2 aromatic carbocycles. The Labute approximate surface area is 177 Å². The van der Waals surface area contributed by atoms with Crippen LogP contribution in [0.2, 0.25) is 0 Å². The minimum atomic E-state index is -0.668. The Hall–Kier alpha value is -3.74. The van der Waals surface area contributed by atoms with Gasteiger partial charge in [0.05, 0.1) is 17.2 Å². The van der Waals surface area contributed by atoms with Crippen LogP contribution in [-0.2, 0) is 14.1 Å². The van der Waals surface area contributed by atoms with Crippen LogP contribution in [0.5, 0.6) is 5.75 Å². The molecular formula is C24H21N3O4. The van der Waals surface area contributed by atoms with E-state index in [0.29, 0.717) is 28.0 Å². The van der Waals surface area contributed by atoms with E-state index in [9.17, 15) is 19.5 Å². The number of carbonyl (C=O) groups excluding carboxylic acids is 1.